The summed E-state index contributed by atoms with van der Waals surface area (Å²) in [6.45, 7) is 0.979. The second-order valence-corrected chi connectivity index (χ2v) is 4.10. The van der Waals surface area contributed by atoms with E-state index in [1.807, 2.05) is 24.3 Å². The zero-order valence-corrected chi connectivity index (χ0v) is 10.2. The van der Waals surface area contributed by atoms with Crippen LogP contribution in [0, 0.1) is 0 Å². The van der Waals surface area contributed by atoms with Crippen LogP contribution in [0.3, 0.4) is 0 Å². The van der Waals surface area contributed by atoms with Gasteiger partial charge >= 0.3 is 6.09 Å². The van der Waals surface area contributed by atoms with E-state index in [9.17, 15) is 9.59 Å². The van der Waals surface area contributed by atoms with Crippen LogP contribution in [-0.2, 0) is 16.0 Å². The first-order chi connectivity index (χ1) is 8.69. The number of hydrogen-bond donors (Lipinski definition) is 0. The number of rotatable bonds is 5. The predicted molar refractivity (Wildman–Crippen MR) is 64.6 cm³/mol. The van der Waals surface area contributed by atoms with E-state index in [4.69, 9.17) is 9.47 Å². The Balaban J connectivity index is 1.88. The quantitative estimate of drug-likeness (QED) is 0.788. The number of nitrogens with zero attached hydrogens (tertiary/aromatic N) is 1. The van der Waals surface area contributed by atoms with Crippen molar-refractivity contribution in [3.63, 3.8) is 0 Å². The van der Waals surface area contributed by atoms with Crippen LogP contribution in [0.25, 0.3) is 0 Å². The van der Waals surface area contributed by atoms with E-state index >= 15 is 0 Å². The molecule has 2 rings (SSSR count). The standard InChI is InChI=1S/C13H15NO4/c1-17-12-4-2-10(3-5-12)8-11(15)9-14-6-7-18-13(14)16/h2-5H,6-9H2,1H3. The number of amides is 1. The van der Waals surface area contributed by atoms with E-state index in [0.717, 1.165) is 11.3 Å². The van der Waals surface area contributed by atoms with Crippen molar-refractivity contribution < 1.29 is 19.1 Å². The molecular weight excluding hydrogens is 234 g/mol. The van der Waals surface area contributed by atoms with Gasteiger partial charge in [-0.15, -0.1) is 0 Å². The Morgan fingerprint density at radius 1 is 1.39 bits per heavy atom. The van der Waals surface area contributed by atoms with Crippen molar-refractivity contribution in [1.82, 2.24) is 4.90 Å². The topological polar surface area (TPSA) is 55.8 Å². The minimum absolute atomic E-state index is 0.000910. The van der Waals surface area contributed by atoms with Gasteiger partial charge in [0.2, 0.25) is 0 Å². The Bertz CT molecular complexity index is 441. The summed E-state index contributed by atoms with van der Waals surface area (Å²) in [7, 11) is 1.60. The summed E-state index contributed by atoms with van der Waals surface area (Å²) >= 11 is 0. The molecule has 0 radical (unpaired) electrons. The smallest absolute Gasteiger partial charge is 0.410 e. The Morgan fingerprint density at radius 2 is 2.11 bits per heavy atom. The summed E-state index contributed by atoms with van der Waals surface area (Å²) in [4.78, 5) is 24.4. The van der Waals surface area contributed by atoms with Crippen molar-refractivity contribution >= 4 is 11.9 Å². The van der Waals surface area contributed by atoms with Gasteiger partial charge in [0.15, 0.2) is 5.78 Å². The Morgan fingerprint density at radius 3 is 2.67 bits per heavy atom. The highest BCUT2D eigenvalue weighted by atomic mass is 16.6. The van der Waals surface area contributed by atoms with Crippen molar-refractivity contribution in [3.8, 4) is 5.75 Å². The molecule has 1 saturated heterocycles. The summed E-state index contributed by atoms with van der Waals surface area (Å²) in [5.41, 5.74) is 0.911. The van der Waals surface area contributed by atoms with Crippen LogP contribution in [0.15, 0.2) is 24.3 Å². The van der Waals surface area contributed by atoms with Crippen LogP contribution in [0.2, 0.25) is 0 Å². The van der Waals surface area contributed by atoms with Gasteiger partial charge in [0.25, 0.3) is 0 Å². The molecule has 1 fully saturated rings. The lowest BCUT2D eigenvalue weighted by atomic mass is 10.1. The summed E-state index contributed by atoms with van der Waals surface area (Å²) in [6.07, 6.45) is -0.0913. The van der Waals surface area contributed by atoms with Crippen molar-refractivity contribution in [1.29, 1.82) is 0 Å². The summed E-state index contributed by atoms with van der Waals surface area (Å²) < 4.78 is 9.81. The number of cyclic esters (lactones) is 1. The number of Topliss-reactive ketones (excluding diaryl/α,β-unsaturated/α-hetero) is 1. The highest BCUT2D eigenvalue weighted by Gasteiger charge is 2.23. The first kappa shape index (κ1) is 12.4. The molecule has 0 saturated carbocycles. The predicted octanol–water partition coefficient (Wildman–Crippen LogP) is 1.26. The van der Waals surface area contributed by atoms with Crippen LogP contribution >= 0.6 is 0 Å². The molecule has 1 heterocycles. The third-order valence-corrected chi connectivity index (χ3v) is 2.77. The molecule has 0 bridgehead atoms. The van der Waals surface area contributed by atoms with E-state index in [1.54, 1.807) is 7.11 Å². The van der Waals surface area contributed by atoms with Crippen molar-refractivity contribution in [2.24, 2.45) is 0 Å². The zero-order chi connectivity index (χ0) is 13.0. The number of methoxy groups -OCH3 is 1. The second-order valence-electron chi connectivity index (χ2n) is 4.10. The average Bonchev–Trinajstić information content (AvgIpc) is 2.76. The molecular formula is C13H15NO4. The lowest BCUT2D eigenvalue weighted by Gasteiger charge is -2.11. The first-order valence-electron chi connectivity index (χ1n) is 5.75. The van der Waals surface area contributed by atoms with Gasteiger partial charge in [-0.25, -0.2) is 4.79 Å². The number of benzene rings is 1. The molecule has 1 aromatic rings. The lowest BCUT2D eigenvalue weighted by molar-refractivity contribution is -0.118. The molecule has 5 nitrogen and oxygen atoms in total. The molecule has 1 aromatic carbocycles. The fourth-order valence-electron chi connectivity index (χ4n) is 1.81. The van der Waals surface area contributed by atoms with Crippen LogP contribution in [0.4, 0.5) is 4.79 Å². The third kappa shape index (κ3) is 3.00. The second kappa shape index (κ2) is 5.53. The van der Waals surface area contributed by atoms with Crippen LogP contribution in [-0.4, -0.2) is 43.6 Å². The van der Waals surface area contributed by atoms with Crippen molar-refractivity contribution in [3.05, 3.63) is 29.8 Å². The maximum Gasteiger partial charge on any atom is 0.410 e. The normalized spacial score (nSPS) is 14.5. The molecule has 1 amide bonds. The molecule has 0 N–H and O–H groups in total. The lowest BCUT2D eigenvalue weighted by Crippen LogP contribution is -2.31. The minimum atomic E-state index is -0.405. The molecule has 1 aliphatic rings. The summed E-state index contributed by atoms with van der Waals surface area (Å²) in [6, 6.07) is 7.32. The third-order valence-electron chi connectivity index (χ3n) is 2.77. The number of carbonyl (C=O) groups is 2. The molecule has 0 unspecified atom stereocenters. The van der Waals surface area contributed by atoms with Gasteiger partial charge in [0.05, 0.1) is 20.2 Å². The average molecular weight is 249 g/mol. The fourth-order valence-corrected chi connectivity index (χ4v) is 1.81. The van der Waals surface area contributed by atoms with Crippen LogP contribution < -0.4 is 4.74 Å². The van der Waals surface area contributed by atoms with Crippen LogP contribution in [0.5, 0.6) is 5.75 Å². The van der Waals surface area contributed by atoms with E-state index in [2.05, 4.69) is 0 Å². The van der Waals surface area contributed by atoms with Gasteiger partial charge in [0, 0.05) is 6.42 Å². The van der Waals surface area contributed by atoms with E-state index in [0.29, 0.717) is 19.6 Å². The van der Waals surface area contributed by atoms with Crippen molar-refractivity contribution in [2.75, 3.05) is 26.8 Å². The molecule has 1 aliphatic heterocycles. The Kier molecular flexibility index (Phi) is 3.82. The van der Waals surface area contributed by atoms with Gasteiger partial charge < -0.3 is 9.47 Å². The van der Waals surface area contributed by atoms with Crippen molar-refractivity contribution in [2.45, 2.75) is 6.42 Å². The van der Waals surface area contributed by atoms with Gasteiger partial charge in [-0.1, -0.05) is 12.1 Å². The molecule has 0 atom stereocenters. The maximum absolute atomic E-state index is 11.8. The molecule has 0 spiro atoms. The Labute approximate surface area is 105 Å². The number of carbonyl (C=O) groups excluding carboxylic acids is 2. The maximum atomic E-state index is 11.8. The molecule has 0 aliphatic carbocycles. The first-order valence-corrected chi connectivity index (χ1v) is 5.75. The van der Waals surface area contributed by atoms with E-state index in [-0.39, 0.29) is 12.3 Å². The summed E-state index contributed by atoms with van der Waals surface area (Å²) in [5, 5.41) is 0. The van der Waals surface area contributed by atoms with Crippen LogP contribution in [0.1, 0.15) is 5.56 Å². The molecule has 96 valence electrons. The SMILES string of the molecule is COc1ccc(CC(=O)CN2CCOC2=O)cc1. The number of ether oxygens (including phenoxy) is 2. The summed E-state index contributed by atoms with van der Waals surface area (Å²) in [5.74, 6) is 0.758. The Hall–Kier alpha value is -2.04. The van der Waals surface area contributed by atoms with Gasteiger partial charge in [-0.3, -0.25) is 9.69 Å². The largest absolute Gasteiger partial charge is 0.497 e. The highest BCUT2D eigenvalue weighted by Crippen LogP contribution is 2.12. The van der Waals surface area contributed by atoms with Gasteiger partial charge in [-0.2, -0.15) is 0 Å². The van der Waals surface area contributed by atoms with Gasteiger partial charge in [-0.05, 0) is 17.7 Å². The molecule has 0 aromatic heterocycles. The fraction of sp³-hybridized carbons (Fsp3) is 0.385. The molecule has 5 heteroatoms. The minimum Gasteiger partial charge on any atom is -0.497 e. The van der Waals surface area contributed by atoms with Gasteiger partial charge in [0.1, 0.15) is 12.4 Å². The highest BCUT2D eigenvalue weighted by molar-refractivity contribution is 5.86. The zero-order valence-electron chi connectivity index (χ0n) is 10.2. The monoisotopic (exact) mass is 249 g/mol. The number of ketones is 1. The molecule has 18 heavy (non-hydrogen) atoms. The number of hydrogen-bond acceptors (Lipinski definition) is 4. The van der Waals surface area contributed by atoms with E-state index < -0.39 is 6.09 Å². The van der Waals surface area contributed by atoms with E-state index in [1.165, 1.54) is 4.90 Å².